The van der Waals surface area contributed by atoms with Crippen LogP contribution in [0.2, 0.25) is 10.0 Å². The molecule has 2 amide bonds. The molecule has 2 N–H and O–H groups in total. The van der Waals surface area contributed by atoms with E-state index in [1.54, 1.807) is 24.3 Å². The topological polar surface area (TPSA) is 119 Å². The highest BCUT2D eigenvalue weighted by Gasteiger charge is 2.49. The molecule has 4 rings (SSSR count). The summed E-state index contributed by atoms with van der Waals surface area (Å²) in [6, 6.07) is 10.9. The Hall–Kier alpha value is -3.23. The van der Waals surface area contributed by atoms with Gasteiger partial charge in [0.05, 0.1) is 10.7 Å². The number of hydrazone groups is 1. The molecule has 8 nitrogen and oxygen atoms in total. The van der Waals surface area contributed by atoms with Crippen LogP contribution in [0.5, 0.6) is 0 Å². The number of anilines is 1. The maximum Gasteiger partial charge on any atom is 0.302 e. The highest BCUT2D eigenvalue weighted by molar-refractivity contribution is 6.67. The second-order valence-corrected chi connectivity index (χ2v) is 6.72. The van der Waals surface area contributed by atoms with E-state index in [4.69, 9.17) is 33.5 Å². The number of amides is 2. The predicted molar refractivity (Wildman–Crippen MR) is 102 cm³/mol. The van der Waals surface area contributed by atoms with Gasteiger partial charge in [-0.3, -0.25) is 14.4 Å². The van der Waals surface area contributed by atoms with Crippen LogP contribution in [0.25, 0.3) is 11.1 Å². The van der Waals surface area contributed by atoms with Crippen molar-refractivity contribution in [3.63, 3.8) is 0 Å². The molecular weight excluding hydrogens is 407 g/mol. The van der Waals surface area contributed by atoms with E-state index in [1.807, 2.05) is 0 Å². The molecule has 1 unspecified atom stereocenters. The number of benzene rings is 2. The van der Waals surface area contributed by atoms with E-state index >= 15 is 0 Å². The van der Waals surface area contributed by atoms with Crippen molar-refractivity contribution in [1.82, 2.24) is 4.98 Å². The summed E-state index contributed by atoms with van der Waals surface area (Å²) >= 11 is 11.9. The van der Waals surface area contributed by atoms with Crippen molar-refractivity contribution < 1.29 is 18.8 Å². The molecule has 28 heavy (non-hydrogen) atoms. The average molecular weight is 417 g/mol. The first-order valence-electron chi connectivity index (χ1n) is 7.93. The lowest BCUT2D eigenvalue weighted by Gasteiger charge is -2.28. The standard InChI is InChI=1S/C18H10Cl2N4O4/c19-8-5-6-11(9(20)7-8)24-17(26)14(23-21)13(15(25)18(24)27)16-22-10-3-1-2-4-12(10)28-16/h1-7,13H,21H2/b23-14+. The van der Waals surface area contributed by atoms with E-state index in [9.17, 15) is 14.4 Å². The number of Topliss-reactive ketones (excluding diaryl/α,β-unsaturated/α-hetero) is 1. The molecule has 2 heterocycles. The molecular formula is C18H10Cl2N4O4. The molecule has 0 saturated carbocycles. The molecule has 1 aromatic heterocycles. The van der Waals surface area contributed by atoms with E-state index in [0.29, 0.717) is 21.0 Å². The molecule has 0 spiro atoms. The third-order valence-electron chi connectivity index (χ3n) is 4.22. The van der Waals surface area contributed by atoms with Crippen LogP contribution in [0, 0.1) is 0 Å². The smallest absolute Gasteiger partial charge is 0.302 e. The summed E-state index contributed by atoms with van der Waals surface area (Å²) in [7, 11) is 0. The largest absolute Gasteiger partial charge is 0.439 e. The lowest BCUT2D eigenvalue weighted by Crippen LogP contribution is -2.55. The number of piperidine rings is 1. The first-order valence-corrected chi connectivity index (χ1v) is 8.69. The molecule has 1 aliphatic rings. The number of para-hydroxylation sites is 2. The summed E-state index contributed by atoms with van der Waals surface area (Å²) < 4.78 is 5.55. The summed E-state index contributed by atoms with van der Waals surface area (Å²) in [6.45, 7) is 0. The number of rotatable bonds is 2. The number of imide groups is 1. The Morgan fingerprint density at radius 3 is 2.50 bits per heavy atom. The molecule has 140 valence electrons. The minimum Gasteiger partial charge on any atom is -0.439 e. The fraction of sp³-hybridized carbons (Fsp3) is 0.0556. The molecule has 1 aliphatic heterocycles. The first-order chi connectivity index (χ1) is 13.4. The van der Waals surface area contributed by atoms with Crippen LogP contribution in [0.3, 0.4) is 0 Å². The van der Waals surface area contributed by atoms with Crippen LogP contribution in [-0.4, -0.2) is 28.3 Å². The fourth-order valence-corrected chi connectivity index (χ4v) is 3.43. The van der Waals surface area contributed by atoms with E-state index < -0.39 is 23.5 Å². The Morgan fingerprint density at radius 2 is 1.82 bits per heavy atom. The number of ketones is 1. The van der Waals surface area contributed by atoms with Crippen molar-refractivity contribution in [1.29, 1.82) is 0 Å². The van der Waals surface area contributed by atoms with Gasteiger partial charge in [0.15, 0.2) is 11.5 Å². The number of halogens is 2. The van der Waals surface area contributed by atoms with Gasteiger partial charge in [-0.15, -0.1) is 0 Å². The number of oxazole rings is 1. The Morgan fingerprint density at radius 1 is 1.07 bits per heavy atom. The van der Waals surface area contributed by atoms with Crippen LogP contribution in [-0.2, 0) is 14.4 Å². The van der Waals surface area contributed by atoms with Crippen LogP contribution < -0.4 is 10.7 Å². The van der Waals surface area contributed by atoms with Crippen molar-refractivity contribution in [2.75, 3.05) is 4.90 Å². The van der Waals surface area contributed by atoms with Gasteiger partial charge in [-0.05, 0) is 30.3 Å². The van der Waals surface area contributed by atoms with Crippen molar-refractivity contribution in [2.45, 2.75) is 5.92 Å². The van der Waals surface area contributed by atoms with Crippen LogP contribution in [0.4, 0.5) is 5.69 Å². The third kappa shape index (κ3) is 2.74. The van der Waals surface area contributed by atoms with Crippen LogP contribution >= 0.6 is 23.2 Å². The molecule has 2 aromatic carbocycles. The zero-order valence-electron chi connectivity index (χ0n) is 13.9. The Labute approximate surface area is 167 Å². The minimum atomic E-state index is -1.44. The third-order valence-corrected chi connectivity index (χ3v) is 4.76. The molecule has 1 fully saturated rings. The number of hydrogen-bond acceptors (Lipinski definition) is 7. The van der Waals surface area contributed by atoms with Gasteiger partial charge >= 0.3 is 5.91 Å². The maximum absolute atomic E-state index is 12.9. The van der Waals surface area contributed by atoms with Crippen molar-refractivity contribution >= 4 is 63.3 Å². The quantitative estimate of drug-likeness (QED) is 0.296. The van der Waals surface area contributed by atoms with E-state index in [1.165, 1.54) is 18.2 Å². The summed E-state index contributed by atoms with van der Waals surface area (Å²) in [5, 5.41) is 3.76. The predicted octanol–water partition coefficient (Wildman–Crippen LogP) is 2.68. The van der Waals surface area contributed by atoms with Gasteiger partial charge in [-0.1, -0.05) is 35.3 Å². The van der Waals surface area contributed by atoms with Crippen LogP contribution in [0.15, 0.2) is 52.0 Å². The zero-order chi connectivity index (χ0) is 20.0. The lowest BCUT2D eigenvalue weighted by atomic mass is 9.91. The van der Waals surface area contributed by atoms with Crippen molar-refractivity contribution in [3.8, 4) is 0 Å². The molecule has 0 radical (unpaired) electrons. The average Bonchev–Trinajstić information content (AvgIpc) is 3.09. The number of carbonyl (C=O) groups is 3. The maximum atomic E-state index is 12.9. The number of aromatic nitrogens is 1. The molecule has 10 heteroatoms. The lowest BCUT2D eigenvalue weighted by molar-refractivity contribution is -0.139. The summed E-state index contributed by atoms with van der Waals surface area (Å²) in [4.78, 5) is 43.3. The highest BCUT2D eigenvalue weighted by atomic mass is 35.5. The second kappa shape index (κ2) is 6.74. The van der Waals surface area contributed by atoms with Crippen molar-refractivity contribution in [2.24, 2.45) is 10.9 Å². The number of nitrogens with two attached hydrogens (primary N) is 1. The van der Waals surface area contributed by atoms with Gasteiger partial charge in [0, 0.05) is 5.02 Å². The Kier molecular flexibility index (Phi) is 4.37. The number of nitrogens with zero attached hydrogens (tertiary/aromatic N) is 3. The van der Waals surface area contributed by atoms with E-state index in [2.05, 4.69) is 10.1 Å². The summed E-state index contributed by atoms with van der Waals surface area (Å²) in [6.07, 6.45) is 0. The minimum absolute atomic E-state index is 0.00779. The van der Waals surface area contributed by atoms with Gasteiger partial charge in [0.1, 0.15) is 11.2 Å². The molecule has 0 aliphatic carbocycles. The van der Waals surface area contributed by atoms with Gasteiger partial charge in [-0.2, -0.15) is 5.10 Å². The SMILES string of the molecule is N/N=C1/C(=O)N(c2ccc(Cl)cc2Cl)C(=O)C(=O)C1c1nc2ccccc2o1. The second-order valence-electron chi connectivity index (χ2n) is 5.87. The first kappa shape index (κ1) is 18.1. The molecule has 0 bridgehead atoms. The molecule has 1 atom stereocenters. The fourth-order valence-electron chi connectivity index (χ4n) is 2.94. The normalized spacial score (nSPS) is 19.1. The van der Waals surface area contributed by atoms with E-state index in [0.717, 1.165) is 0 Å². The molecule has 1 saturated heterocycles. The molecule has 3 aromatic rings. The zero-order valence-corrected chi connectivity index (χ0v) is 15.4. The van der Waals surface area contributed by atoms with Gasteiger partial charge in [-0.25, -0.2) is 9.88 Å². The van der Waals surface area contributed by atoms with Crippen molar-refractivity contribution in [3.05, 3.63) is 58.4 Å². The van der Waals surface area contributed by atoms with Gasteiger partial charge < -0.3 is 10.3 Å². The number of hydrogen-bond donors (Lipinski definition) is 1. The summed E-state index contributed by atoms with van der Waals surface area (Å²) in [5.74, 6) is 0.821. The van der Waals surface area contributed by atoms with Crippen LogP contribution in [0.1, 0.15) is 11.8 Å². The monoisotopic (exact) mass is 416 g/mol. The van der Waals surface area contributed by atoms with Gasteiger partial charge in [0.25, 0.3) is 5.91 Å². The highest BCUT2D eigenvalue weighted by Crippen LogP contribution is 2.34. The van der Waals surface area contributed by atoms with E-state index in [-0.39, 0.29) is 22.3 Å². The number of carbonyl (C=O) groups excluding carboxylic acids is 3. The van der Waals surface area contributed by atoms with Gasteiger partial charge in [0.2, 0.25) is 11.7 Å². The summed E-state index contributed by atoms with van der Waals surface area (Å²) in [5.41, 5.74) is 0.461. The number of fused-ring (bicyclic) bond motifs is 1. The Balaban J connectivity index is 1.82. The Bertz CT molecular complexity index is 1150.